The predicted octanol–water partition coefficient (Wildman–Crippen LogP) is 2.26. The van der Waals surface area contributed by atoms with Crippen molar-refractivity contribution in [2.24, 2.45) is 0 Å². The maximum absolute atomic E-state index is 5.74. The van der Waals surface area contributed by atoms with E-state index in [-0.39, 0.29) is 6.10 Å². The molecule has 3 heterocycles. The summed E-state index contributed by atoms with van der Waals surface area (Å²) in [5.74, 6) is 1.62. The Morgan fingerprint density at radius 1 is 1.32 bits per heavy atom. The molecular weight excluding hydrogens is 286 g/mol. The third-order valence-corrected chi connectivity index (χ3v) is 3.84. The van der Waals surface area contributed by atoms with Crippen LogP contribution in [0.2, 0.25) is 0 Å². The topological polar surface area (TPSA) is 79.5 Å². The van der Waals surface area contributed by atoms with E-state index < -0.39 is 5.60 Å². The van der Waals surface area contributed by atoms with Crippen LogP contribution in [0.1, 0.15) is 37.6 Å². The Bertz CT molecular complexity index is 596. The Labute approximate surface area is 128 Å². The molecule has 0 N–H and O–H groups in total. The van der Waals surface area contributed by atoms with Gasteiger partial charge in [-0.05, 0) is 19.1 Å². The maximum atomic E-state index is 5.74. The summed E-state index contributed by atoms with van der Waals surface area (Å²) in [7, 11) is 1.66. The Hall–Kier alpha value is -1.99. The van der Waals surface area contributed by atoms with E-state index in [4.69, 9.17) is 18.7 Å². The zero-order valence-corrected chi connectivity index (χ0v) is 12.7. The first-order valence-electron chi connectivity index (χ1n) is 7.27. The van der Waals surface area contributed by atoms with Crippen molar-refractivity contribution in [1.82, 2.24) is 15.1 Å². The van der Waals surface area contributed by atoms with Crippen molar-refractivity contribution in [2.75, 3.05) is 20.3 Å². The molecule has 0 radical (unpaired) electrons. The summed E-state index contributed by atoms with van der Waals surface area (Å²) in [5.41, 5.74) is -0.534. The number of ether oxygens (including phenoxy) is 3. The van der Waals surface area contributed by atoms with Gasteiger partial charge in [0.15, 0.2) is 6.10 Å². The van der Waals surface area contributed by atoms with Gasteiger partial charge >= 0.3 is 0 Å². The fourth-order valence-corrected chi connectivity index (χ4v) is 2.48. The summed E-state index contributed by atoms with van der Waals surface area (Å²) in [5, 5.41) is 4.08. The highest BCUT2D eigenvalue weighted by Crippen LogP contribution is 2.34. The molecule has 1 fully saturated rings. The molecule has 0 aromatic carbocycles. The monoisotopic (exact) mass is 305 g/mol. The molecule has 22 heavy (non-hydrogen) atoms. The molecule has 0 aliphatic carbocycles. The van der Waals surface area contributed by atoms with Crippen LogP contribution in [0.25, 0.3) is 0 Å². The van der Waals surface area contributed by atoms with Gasteiger partial charge in [0.1, 0.15) is 11.4 Å². The van der Waals surface area contributed by atoms with Gasteiger partial charge < -0.3 is 18.7 Å². The molecule has 0 spiro atoms. The lowest BCUT2D eigenvalue weighted by molar-refractivity contribution is -0.101. The number of pyridine rings is 1. The van der Waals surface area contributed by atoms with E-state index in [1.54, 1.807) is 19.5 Å². The van der Waals surface area contributed by atoms with E-state index in [1.165, 1.54) is 0 Å². The van der Waals surface area contributed by atoms with Crippen molar-refractivity contribution in [2.45, 2.75) is 31.5 Å². The van der Waals surface area contributed by atoms with Crippen LogP contribution in [0.5, 0.6) is 5.75 Å². The molecule has 7 heteroatoms. The number of hydrogen-bond acceptors (Lipinski definition) is 7. The molecule has 2 aromatic heterocycles. The second-order valence-corrected chi connectivity index (χ2v) is 5.22. The van der Waals surface area contributed by atoms with Crippen LogP contribution in [0, 0.1) is 0 Å². The van der Waals surface area contributed by atoms with Gasteiger partial charge in [0.25, 0.3) is 5.89 Å². The van der Waals surface area contributed by atoms with E-state index in [1.807, 2.05) is 19.1 Å². The molecule has 0 saturated carbocycles. The van der Waals surface area contributed by atoms with Crippen molar-refractivity contribution in [3.63, 3.8) is 0 Å². The van der Waals surface area contributed by atoms with Crippen LogP contribution in [0.3, 0.4) is 0 Å². The van der Waals surface area contributed by atoms with Gasteiger partial charge in [0.05, 0.1) is 6.20 Å². The van der Waals surface area contributed by atoms with Crippen LogP contribution in [0.15, 0.2) is 29.0 Å². The first-order valence-corrected chi connectivity index (χ1v) is 7.27. The standard InChI is InChI=1S/C15H19N3O4/c1-11(21-12-4-3-7-16-10-12)13-17-14(18-22-13)15(19-2)5-8-20-9-6-15/h3-4,7,10-11H,5-6,8-9H2,1-2H3. The molecule has 2 aromatic rings. The van der Waals surface area contributed by atoms with Crippen molar-refractivity contribution in [3.8, 4) is 5.75 Å². The first kappa shape index (κ1) is 14.9. The zero-order chi connectivity index (χ0) is 15.4. The fourth-order valence-electron chi connectivity index (χ4n) is 2.48. The second-order valence-electron chi connectivity index (χ2n) is 5.22. The maximum Gasteiger partial charge on any atom is 0.267 e. The van der Waals surface area contributed by atoms with Gasteiger partial charge in [-0.1, -0.05) is 5.16 Å². The van der Waals surface area contributed by atoms with Crippen LogP contribution in [-0.2, 0) is 15.1 Å². The van der Waals surface area contributed by atoms with Crippen LogP contribution < -0.4 is 4.74 Å². The summed E-state index contributed by atoms with van der Waals surface area (Å²) in [6, 6.07) is 3.64. The smallest absolute Gasteiger partial charge is 0.267 e. The quantitative estimate of drug-likeness (QED) is 0.838. The Balaban J connectivity index is 1.75. The van der Waals surface area contributed by atoms with Gasteiger partial charge in [0.2, 0.25) is 5.82 Å². The lowest BCUT2D eigenvalue weighted by Gasteiger charge is -2.32. The van der Waals surface area contributed by atoms with Crippen LogP contribution >= 0.6 is 0 Å². The summed E-state index contributed by atoms with van der Waals surface area (Å²) < 4.78 is 22.1. The van der Waals surface area contributed by atoms with Gasteiger partial charge in [-0.25, -0.2) is 0 Å². The lowest BCUT2D eigenvalue weighted by atomic mass is 9.93. The Morgan fingerprint density at radius 2 is 2.14 bits per heavy atom. The average molecular weight is 305 g/mol. The number of nitrogens with zero attached hydrogens (tertiary/aromatic N) is 3. The van der Waals surface area contributed by atoms with E-state index in [9.17, 15) is 0 Å². The lowest BCUT2D eigenvalue weighted by Crippen LogP contribution is -2.36. The number of rotatable bonds is 5. The molecule has 1 aliphatic heterocycles. The SMILES string of the molecule is COC1(c2noc(C(C)Oc3cccnc3)n2)CCOCC1. The van der Waals surface area contributed by atoms with Gasteiger partial charge in [-0.2, -0.15) is 4.98 Å². The molecular formula is C15H19N3O4. The molecule has 1 saturated heterocycles. The third-order valence-electron chi connectivity index (χ3n) is 3.84. The van der Waals surface area contributed by atoms with Gasteiger partial charge in [0, 0.05) is 39.4 Å². The molecule has 118 valence electrons. The number of methoxy groups -OCH3 is 1. The summed E-state index contributed by atoms with van der Waals surface area (Å²) in [4.78, 5) is 8.48. The highest BCUT2D eigenvalue weighted by atomic mass is 16.5. The summed E-state index contributed by atoms with van der Waals surface area (Å²) in [6.45, 7) is 3.10. The van der Waals surface area contributed by atoms with E-state index in [0.29, 0.717) is 43.5 Å². The molecule has 7 nitrogen and oxygen atoms in total. The average Bonchev–Trinajstić information content (AvgIpc) is 3.07. The minimum Gasteiger partial charge on any atom is -0.479 e. The normalized spacial score (nSPS) is 18.8. The molecule has 1 aliphatic rings. The molecule has 0 bridgehead atoms. The summed E-state index contributed by atoms with van der Waals surface area (Å²) >= 11 is 0. The summed E-state index contributed by atoms with van der Waals surface area (Å²) in [6.07, 6.45) is 4.39. The number of aromatic nitrogens is 3. The highest BCUT2D eigenvalue weighted by Gasteiger charge is 2.39. The van der Waals surface area contributed by atoms with Crippen molar-refractivity contribution >= 4 is 0 Å². The largest absolute Gasteiger partial charge is 0.479 e. The van der Waals surface area contributed by atoms with E-state index in [2.05, 4.69) is 15.1 Å². The van der Waals surface area contributed by atoms with Crippen molar-refractivity contribution in [3.05, 3.63) is 36.2 Å². The van der Waals surface area contributed by atoms with Crippen LogP contribution in [0.4, 0.5) is 0 Å². The first-order chi connectivity index (χ1) is 10.7. The minimum atomic E-state index is -0.534. The Kier molecular flexibility index (Phi) is 4.35. The fraction of sp³-hybridized carbons (Fsp3) is 0.533. The molecule has 3 rings (SSSR count). The predicted molar refractivity (Wildman–Crippen MR) is 76.3 cm³/mol. The molecule has 1 atom stereocenters. The Morgan fingerprint density at radius 3 is 2.82 bits per heavy atom. The molecule has 1 unspecified atom stereocenters. The van der Waals surface area contributed by atoms with Gasteiger partial charge in [-0.15, -0.1) is 0 Å². The van der Waals surface area contributed by atoms with Crippen molar-refractivity contribution < 1.29 is 18.7 Å². The third kappa shape index (κ3) is 2.95. The molecule has 0 amide bonds. The van der Waals surface area contributed by atoms with Crippen LogP contribution in [-0.4, -0.2) is 35.4 Å². The van der Waals surface area contributed by atoms with Gasteiger partial charge in [-0.3, -0.25) is 4.98 Å². The van der Waals surface area contributed by atoms with E-state index in [0.717, 1.165) is 0 Å². The highest BCUT2D eigenvalue weighted by molar-refractivity contribution is 5.16. The zero-order valence-electron chi connectivity index (χ0n) is 12.7. The number of hydrogen-bond donors (Lipinski definition) is 0. The van der Waals surface area contributed by atoms with E-state index >= 15 is 0 Å². The minimum absolute atomic E-state index is 0.362. The second kappa shape index (κ2) is 6.41. The van der Waals surface area contributed by atoms with Crippen molar-refractivity contribution in [1.29, 1.82) is 0 Å².